The van der Waals surface area contributed by atoms with Gasteiger partial charge in [-0.2, -0.15) is 0 Å². The predicted molar refractivity (Wildman–Crippen MR) is 80.2 cm³/mol. The summed E-state index contributed by atoms with van der Waals surface area (Å²) in [6.45, 7) is 3.99. The zero-order valence-corrected chi connectivity index (χ0v) is 12.9. The average Bonchev–Trinajstić information content (AvgIpc) is 2.34. The number of rotatable bonds is 8. The molecule has 0 bridgehead atoms. The lowest BCUT2D eigenvalue weighted by Gasteiger charge is -2.24. The smallest absolute Gasteiger partial charge is 0.0672 e. The van der Waals surface area contributed by atoms with Crippen LogP contribution < -0.4 is 5.32 Å². The van der Waals surface area contributed by atoms with E-state index in [1.54, 1.807) is 13.2 Å². The molecule has 0 aromatic heterocycles. The number of ether oxygens (including phenoxy) is 1. The van der Waals surface area contributed by atoms with Crippen molar-refractivity contribution in [2.45, 2.75) is 25.4 Å². The Morgan fingerprint density at radius 1 is 1.32 bits per heavy atom. The third kappa shape index (κ3) is 6.11. The number of methoxy groups -OCH3 is 1. The Labute approximate surface area is 124 Å². The van der Waals surface area contributed by atoms with E-state index in [1.807, 2.05) is 19.1 Å². The van der Waals surface area contributed by atoms with Crippen molar-refractivity contribution in [1.29, 1.82) is 0 Å². The Bertz CT molecular complexity index is 397. The van der Waals surface area contributed by atoms with Crippen LogP contribution in [0.1, 0.15) is 18.9 Å². The van der Waals surface area contributed by atoms with Gasteiger partial charge in [-0.05, 0) is 31.5 Å². The number of hydrogen-bond acceptors (Lipinski definition) is 3. The molecular formula is C14H21Cl2NO2. The molecule has 108 valence electrons. The van der Waals surface area contributed by atoms with Gasteiger partial charge in [0, 0.05) is 20.1 Å². The Balaban J connectivity index is 2.47. The van der Waals surface area contributed by atoms with Crippen LogP contribution in [-0.2, 0) is 11.2 Å². The lowest BCUT2D eigenvalue weighted by atomic mass is 9.93. The summed E-state index contributed by atoms with van der Waals surface area (Å²) in [4.78, 5) is 0. The van der Waals surface area contributed by atoms with Gasteiger partial charge in [0.1, 0.15) is 0 Å². The first-order valence-corrected chi connectivity index (χ1v) is 7.07. The van der Waals surface area contributed by atoms with Crippen LogP contribution in [0.3, 0.4) is 0 Å². The molecule has 0 saturated heterocycles. The molecule has 0 aliphatic carbocycles. The molecule has 1 atom stereocenters. The molecule has 0 fully saturated rings. The molecule has 1 unspecified atom stereocenters. The fraction of sp³-hybridized carbons (Fsp3) is 0.571. The van der Waals surface area contributed by atoms with E-state index in [2.05, 4.69) is 5.32 Å². The lowest BCUT2D eigenvalue weighted by molar-refractivity contribution is 0.0510. The van der Waals surface area contributed by atoms with Gasteiger partial charge >= 0.3 is 0 Å². The van der Waals surface area contributed by atoms with Crippen molar-refractivity contribution in [3.05, 3.63) is 33.8 Å². The van der Waals surface area contributed by atoms with Gasteiger partial charge in [-0.3, -0.25) is 0 Å². The Morgan fingerprint density at radius 3 is 2.74 bits per heavy atom. The van der Waals surface area contributed by atoms with Crippen LogP contribution in [0.4, 0.5) is 0 Å². The van der Waals surface area contributed by atoms with Crippen LogP contribution in [0.15, 0.2) is 18.2 Å². The standard InChI is InChI=1S/C14H21Cl2NO2/c1-14(18,6-7-17-8-9-19-2)10-11-4-3-5-12(15)13(11)16/h3-5,17-18H,6-10H2,1-2H3. The maximum absolute atomic E-state index is 10.4. The molecule has 1 rings (SSSR count). The highest BCUT2D eigenvalue weighted by molar-refractivity contribution is 6.42. The quantitative estimate of drug-likeness (QED) is 0.726. The van der Waals surface area contributed by atoms with Gasteiger partial charge in [0.2, 0.25) is 0 Å². The minimum Gasteiger partial charge on any atom is -0.390 e. The molecule has 1 aromatic rings. The van der Waals surface area contributed by atoms with Gasteiger partial charge in [-0.25, -0.2) is 0 Å². The molecule has 0 aliphatic heterocycles. The second-order valence-corrected chi connectivity index (χ2v) is 5.66. The first-order valence-electron chi connectivity index (χ1n) is 6.31. The van der Waals surface area contributed by atoms with Crippen LogP contribution in [0.25, 0.3) is 0 Å². The lowest BCUT2D eigenvalue weighted by Crippen LogP contribution is -2.33. The number of benzene rings is 1. The summed E-state index contributed by atoms with van der Waals surface area (Å²) in [5.41, 5.74) is 0.0602. The second-order valence-electron chi connectivity index (χ2n) is 4.88. The van der Waals surface area contributed by atoms with Crippen LogP contribution in [0.5, 0.6) is 0 Å². The molecule has 0 radical (unpaired) electrons. The highest BCUT2D eigenvalue weighted by atomic mass is 35.5. The minimum absolute atomic E-state index is 0.484. The van der Waals surface area contributed by atoms with Crippen LogP contribution in [-0.4, -0.2) is 37.5 Å². The first-order chi connectivity index (χ1) is 8.96. The summed E-state index contributed by atoms with van der Waals surface area (Å²) in [5.74, 6) is 0. The number of hydrogen-bond donors (Lipinski definition) is 2. The molecule has 0 heterocycles. The Kier molecular flexibility index (Phi) is 7.11. The topological polar surface area (TPSA) is 41.5 Å². The third-order valence-electron chi connectivity index (χ3n) is 2.93. The van der Waals surface area contributed by atoms with Crippen molar-refractivity contribution >= 4 is 23.2 Å². The summed E-state index contributed by atoms with van der Waals surface area (Å²) < 4.78 is 4.94. The van der Waals surface area contributed by atoms with Crippen LogP contribution in [0, 0.1) is 0 Å². The van der Waals surface area contributed by atoms with E-state index in [0.717, 1.165) is 18.7 Å². The van der Waals surface area contributed by atoms with E-state index in [9.17, 15) is 5.11 Å². The van der Waals surface area contributed by atoms with Gasteiger partial charge < -0.3 is 15.2 Å². The second kappa shape index (κ2) is 8.08. The van der Waals surface area contributed by atoms with Crippen molar-refractivity contribution in [3.63, 3.8) is 0 Å². The van der Waals surface area contributed by atoms with Gasteiger partial charge in [-0.1, -0.05) is 35.3 Å². The SMILES string of the molecule is COCCNCCC(C)(O)Cc1cccc(Cl)c1Cl. The van der Waals surface area contributed by atoms with Gasteiger partial charge in [-0.15, -0.1) is 0 Å². The molecule has 0 amide bonds. The summed E-state index contributed by atoms with van der Waals surface area (Å²) in [7, 11) is 1.67. The number of nitrogens with one attached hydrogen (secondary N) is 1. The molecule has 5 heteroatoms. The monoisotopic (exact) mass is 305 g/mol. The molecule has 0 aliphatic rings. The third-order valence-corrected chi connectivity index (χ3v) is 3.78. The molecule has 19 heavy (non-hydrogen) atoms. The largest absolute Gasteiger partial charge is 0.390 e. The summed E-state index contributed by atoms with van der Waals surface area (Å²) in [6.07, 6.45) is 1.12. The Hall–Kier alpha value is -0.320. The van der Waals surface area contributed by atoms with Gasteiger partial charge in [0.15, 0.2) is 0 Å². The Morgan fingerprint density at radius 2 is 2.05 bits per heavy atom. The summed E-state index contributed by atoms with van der Waals surface area (Å²) in [5, 5.41) is 14.6. The fourth-order valence-electron chi connectivity index (χ4n) is 1.84. The van der Waals surface area contributed by atoms with Crippen LogP contribution >= 0.6 is 23.2 Å². The molecule has 0 spiro atoms. The van der Waals surface area contributed by atoms with Crippen LogP contribution in [0.2, 0.25) is 10.0 Å². The van der Waals surface area contributed by atoms with Crippen molar-refractivity contribution in [3.8, 4) is 0 Å². The maximum atomic E-state index is 10.4. The van der Waals surface area contributed by atoms with Gasteiger partial charge in [0.25, 0.3) is 0 Å². The molecule has 1 aromatic carbocycles. The molecule has 0 saturated carbocycles. The van der Waals surface area contributed by atoms with Crippen molar-refractivity contribution in [1.82, 2.24) is 5.32 Å². The molecular weight excluding hydrogens is 285 g/mol. The van der Waals surface area contributed by atoms with E-state index in [4.69, 9.17) is 27.9 Å². The van der Waals surface area contributed by atoms with Gasteiger partial charge in [0.05, 0.1) is 22.3 Å². The predicted octanol–water partition coefficient (Wildman–Crippen LogP) is 2.91. The molecule has 3 nitrogen and oxygen atoms in total. The first kappa shape index (κ1) is 16.7. The van der Waals surface area contributed by atoms with E-state index in [0.29, 0.717) is 29.5 Å². The highest BCUT2D eigenvalue weighted by Crippen LogP contribution is 2.29. The zero-order valence-electron chi connectivity index (χ0n) is 11.4. The van der Waals surface area contributed by atoms with Crippen molar-refractivity contribution in [2.24, 2.45) is 0 Å². The summed E-state index contributed by atoms with van der Waals surface area (Å²) >= 11 is 12.1. The average molecular weight is 306 g/mol. The number of halogens is 2. The van der Waals surface area contributed by atoms with E-state index in [-0.39, 0.29) is 0 Å². The van der Waals surface area contributed by atoms with Crippen molar-refractivity contribution in [2.75, 3.05) is 26.8 Å². The van der Waals surface area contributed by atoms with E-state index < -0.39 is 5.60 Å². The minimum atomic E-state index is -0.811. The highest BCUT2D eigenvalue weighted by Gasteiger charge is 2.22. The normalized spacial score (nSPS) is 14.4. The van der Waals surface area contributed by atoms with Crippen molar-refractivity contribution < 1.29 is 9.84 Å². The van der Waals surface area contributed by atoms with E-state index >= 15 is 0 Å². The summed E-state index contributed by atoms with van der Waals surface area (Å²) in [6, 6.07) is 5.48. The zero-order chi connectivity index (χ0) is 14.3. The van der Waals surface area contributed by atoms with E-state index in [1.165, 1.54) is 0 Å². The fourth-order valence-corrected chi connectivity index (χ4v) is 2.23. The number of aliphatic hydroxyl groups is 1. The molecule has 2 N–H and O–H groups in total. The maximum Gasteiger partial charge on any atom is 0.0672 e.